The summed E-state index contributed by atoms with van der Waals surface area (Å²) in [7, 11) is 1.61. The molecule has 26 heavy (non-hydrogen) atoms. The van der Waals surface area contributed by atoms with Gasteiger partial charge in [0, 0.05) is 19.7 Å². The van der Waals surface area contributed by atoms with Gasteiger partial charge in [-0.15, -0.1) is 0 Å². The molecule has 0 spiro atoms. The van der Waals surface area contributed by atoms with Crippen LogP contribution >= 0.6 is 0 Å². The second-order valence-corrected chi connectivity index (χ2v) is 7.19. The van der Waals surface area contributed by atoms with Crippen molar-refractivity contribution in [1.82, 2.24) is 4.98 Å². The van der Waals surface area contributed by atoms with Crippen LogP contribution in [0.4, 0.5) is 5.69 Å². The minimum Gasteiger partial charge on any atom is -0.474 e. The fourth-order valence-corrected chi connectivity index (χ4v) is 2.46. The van der Waals surface area contributed by atoms with Gasteiger partial charge in [0.05, 0.1) is 6.61 Å². The first-order valence-corrected chi connectivity index (χ1v) is 8.86. The van der Waals surface area contributed by atoms with Crippen molar-refractivity contribution in [3.05, 3.63) is 53.7 Å². The van der Waals surface area contributed by atoms with E-state index < -0.39 is 0 Å². The largest absolute Gasteiger partial charge is 0.474 e. The Morgan fingerprint density at radius 3 is 2.50 bits per heavy atom. The highest BCUT2D eigenvalue weighted by atomic mass is 16.5. The number of aryl methyl sites for hydroxylation is 1. The fourth-order valence-electron chi connectivity index (χ4n) is 2.46. The number of hydrogen-bond acceptors (Lipinski definition) is 4. The molecule has 2 aromatic rings. The zero-order chi connectivity index (χ0) is 19.0. The summed E-state index contributed by atoms with van der Waals surface area (Å²) in [6, 6.07) is 12.0. The first-order valence-electron chi connectivity index (χ1n) is 8.86. The standard InChI is InChI=1S/C21H28N2O3/c1-21(2,3)17-10-7-16(8-11-17)9-12-19(24)23-18-6-5-13-22-20(18)26-15-14-25-4/h5-8,10-11,13H,9,12,14-15H2,1-4H3,(H,23,24). The van der Waals surface area contributed by atoms with Gasteiger partial charge < -0.3 is 14.8 Å². The number of ether oxygens (including phenoxy) is 2. The summed E-state index contributed by atoms with van der Waals surface area (Å²) in [5.41, 5.74) is 3.15. The van der Waals surface area contributed by atoms with E-state index in [9.17, 15) is 4.79 Å². The number of benzene rings is 1. The molecule has 0 unspecified atom stereocenters. The molecule has 0 fully saturated rings. The van der Waals surface area contributed by atoms with Crippen LogP contribution in [0.25, 0.3) is 0 Å². The second-order valence-electron chi connectivity index (χ2n) is 7.19. The Bertz CT molecular complexity index is 706. The van der Waals surface area contributed by atoms with E-state index in [0.717, 1.165) is 5.56 Å². The molecule has 0 aliphatic rings. The first-order chi connectivity index (χ1) is 12.4. The summed E-state index contributed by atoms with van der Waals surface area (Å²) in [6.07, 6.45) is 2.73. The number of rotatable bonds is 8. The lowest BCUT2D eigenvalue weighted by Gasteiger charge is -2.19. The van der Waals surface area contributed by atoms with Gasteiger partial charge in [-0.1, -0.05) is 45.0 Å². The lowest BCUT2D eigenvalue weighted by molar-refractivity contribution is -0.116. The van der Waals surface area contributed by atoms with E-state index in [1.807, 2.05) is 0 Å². The maximum absolute atomic E-state index is 12.3. The molecule has 140 valence electrons. The van der Waals surface area contributed by atoms with Gasteiger partial charge >= 0.3 is 0 Å². The fraction of sp³-hybridized carbons (Fsp3) is 0.429. The number of nitrogens with one attached hydrogen (secondary N) is 1. The summed E-state index contributed by atoms with van der Waals surface area (Å²) in [6.45, 7) is 7.42. The minimum atomic E-state index is -0.0607. The van der Waals surface area contributed by atoms with Gasteiger partial charge in [-0.25, -0.2) is 4.98 Å². The Morgan fingerprint density at radius 1 is 1.12 bits per heavy atom. The van der Waals surface area contributed by atoms with Crippen LogP contribution in [-0.4, -0.2) is 31.2 Å². The Balaban J connectivity index is 1.89. The summed E-state index contributed by atoms with van der Waals surface area (Å²) in [4.78, 5) is 16.4. The van der Waals surface area contributed by atoms with E-state index in [2.05, 4.69) is 55.3 Å². The van der Waals surface area contributed by atoms with Crippen molar-refractivity contribution in [2.75, 3.05) is 25.6 Å². The quantitative estimate of drug-likeness (QED) is 0.727. The normalized spacial score (nSPS) is 11.2. The van der Waals surface area contributed by atoms with E-state index in [1.165, 1.54) is 5.56 Å². The van der Waals surface area contributed by atoms with Crippen LogP contribution in [0.3, 0.4) is 0 Å². The van der Waals surface area contributed by atoms with Gasteiger partial charge in [-0.2, -0.15) is 0 Å². The summed E-state index contributed by atoms with van der Waals surface area (Å²) in [5.74, 6) is 0.349. The van der Waals surface area contributed by atoms with E-state index >= 15 is 0 Å². The lowest BCUT2D eigenvalue weighted by atomic mass is 9.86. The van der Waals surface area contributed by atoms with E-state index in [4.69, 9.17) is 9.47 Å². The Labute approximate surface area is 155 Å². The molecule has 0 radical (unpaired) electrons. The molecule has 0 bridgehead atoms. The maximum Gasteiger partial charge on any atom is 0.237 e. The molecule has 0 aliphatic heterocycles. The van der Waals surface area contributed by atoms with Crippen LogP contribution in [0.5, 0.6) is 5.88 Å². The highest BCUT2D eigenvalue weighted by Crippen LogP contribution is 2.23. The number of aromatic nitrogens is 1. The van der Waals surface area contributed by atoms with Gasteiger partial charge in [0.2, 0.25) is 11.8 Å². The molecule has 1 N–H and O–H groups in total. The SMILES string of the molecule is COCCOc1ncccc1NC(=O)CCc1ccc(C(C)(C)C)cc1. The Kier molecular flexibility index (Phi) is 7.16. The molecule has 1 aromatic heterocycles. The predicted octanol–water partition coefficient (Wildman–Crippen LogP) is 3.98. The number of pyridine rings is 1. The van der Waals surface area contributed by atoms with Crippen molar-refractivity contribution in [3.63, 3.8) is 0 Å². The number of amides is 1. The van der Waals surface area contributed by atoms with E-state index in [0.29, 0.717) is 37.6 Å². The molecule has 0 saturated carbocycles. The number of carbonyl (C=O) groups is 1. The highest BCUT2D eigenvalue weighted by Gasteiger charge is 2.13. The van der Waals surface area contributed by atoms with Crippen LogP contribution in [0.1, 0.15) is 38.3 Å². The van der Waals surface area contributed by atoms with Gasteiger partial charge in [-0.3, -0.25) is 4.79 Å². The van der Waals surface area contributed by atoms with Gasteiger partial charge in [0.25, 0.3) is 0 Å². The third-order valence-electron chi connectivity index (χ3n) is 4.03. The smallest absolute Gasteiger partial charge is 0.237 e. The van der Waals surface area contributed by atoms with Crippen LogP contribution in [-0.2, 0) is 21.4 Å². The molecule has 5 heteroatoms. The van der Waals surface area contributed by atoms with Crippen LogP contribution in [0.15, 0.2) is 42.6 Å². The molecule has 1 heterocycles. The first kappa shape index (κ1) is 19.9. The van der Waals surface area contributed by atoms with Gasteiger partial charge in [0.15, 0.2) is 0 Å². The third-order valence-corrected chi connectivity index (χ3v) is 4.03. The van der Waals surface area contributed by atoms with Crippen molar-refractivity contribution >= 4 is 11.6 Å². The minimum absolute atomic E-state index is 0.0607. The predicted molar refractivity (Wildman–Crippen MR) is 104 cm³/mol. The van der Waals surface area contributed by atoms with Crippen molar-refractivity contribution in [1.29, 1.82) is 0 Å². The lowest BCUT2D eigenvalue weighted by Crippen LogP contribution is -2.15. The Hall–Kier alpha value is -2.40. The molecular weight excluding hydrogens is 328 g/mol. The number of methoxy groups -OCH3 is 1. The second kappa shape index (κ2) is 9.34. The topological polar surface area (TPSA) is 60.5 Å². The summed E-state index contributed by atoms with van der Waals surface area (Å²) < 4.78 is 10.5. The highest BCUT2D eigenvalue weighted by molar-refractivity contribution is 5.91. The molecule has 0 aliphatic carbocycles. The van der Waals surface area contributed by atoms with Crippen molar-refractivity contribution in [2.45, 2.75) is 39.0 Å². The van der Waals surface area contributed by atoms with E-state index in [1.54, 1.807) is 25.4 Å². The number of hydrogen-bond donors (Lipinski definition) is 1. The van der Waals surface area contributed by atoms with Gasteiger partial charge in [0.1, 0.15) is 12.3 Å². The molecule has 5 nitrogen and oxygen atoms in total. The monoisotopic (exact) mass is 356 g/mol. The van der Waals surface area contributed by atoms with Crippen molar-refractivity contribution in [2.24, 2.45) is 0 Å². The molecule has 1 aromatic carbocycles. The zero-order valence-corrected chi connectivity index (χ0v) is 16.0. The number of anilines is 1. The molecule has 2 rings (SSSR count). The third kappa shape index (κ3) is 6.15. The average Bonchev–Trinajstić information content (AvgIpc) is 2.61. The Morgan fingerprint density at radius 2 is 1.85 bits per heavy atom. The van der Waals surface area contributed by atoms with Crippen molar-refractivity contribution in [3.8, 4) is 5.88 Å². The van der Waals surface area contributed by atoms with Gasteiger partial charge in [-0.05, 0) is 35.1 Å². The molecule has 0 saturated heterocycles. The molecule has 1 amide bonds. The number of nitrogens with zero attached hydrogens (tertiary/aromatic N) is 1. The number of carbonyl (C=O) groups excluding carboxylic acids is 1. The van der Waals surface area contributed by atoms with Crippen LogP contribution < -0.4 is 10.1 Å². The maximum atomic E-state index is 12.3. The van der Waals surface area contributed by atoms with Crippen molar-refractivity contribution < 1.29 is 14.3 Å². The summed E-state index contributed by atoms with van der Waals surface area (Å²) in [5, 5.41) is 2.88. The van der Waals surface area contributed by atoms with Crippen LogP contribution in [0.2, 0.25) is 0 Å². The molecular formula is C21H28N2O3. The van der Waals surface area contributed by atoms with Crippen LogP contribution in [0, 0.1) is 0 Å². The summed E-state index contributed by atoms with van der Waals surface area (Å²) >= 11 is 0. The zero-order valence-electron chi connectivity index (χ0n) is 16.0. The van der Waals surface area contributed by atoms with E-state index in [-0.39, 0.29) is 11.3 Å². The molecule has 0 atom stereocenters. The average molecular weight is 356 g/mol.